The highest BCUT2D eigenvalue weighted by molar-refractivity contribution is 5.86. The third-order valence-corrected chi connectivity index (χ3v) is 4.08. The lowest BCUT2D eigenvalue weighted by Gasteiger charge is -2.24. The maximum Gasteiger partial charge on any atom is 0.471 e. The van der Waals surface area contributed by atoms with Crippen molar-refractivity contribution < 1.29 is 32.0 Å². The number of hydrogen-bond donors (Lipinski definition) is 0. The first kappa shape index (κ1) is 16.4. The fraction of sp³-hybridized carbons (Fsp3) is 0.467. The van der Waals surface area contributed by atoms with Gasteiger partial charge in [-0.25, -0.2) is 0 Å². The Morgan fingerprint density at radius 1 is 1.29 bits per heavy atom. The first-order valence-electron chi connectivity index (χ1n) is 7.26. The van der Waals surface area contributed by atoms with Gasteiger partial charge in [0.15, 0.2) is 17.1 Å². The van der Waals surface area contributed by atoms with Crippen LogP contribution in [0.3, 0.4) is 0 Å². The van der Waals surface area contributed by atoms with Crippen LogP contribution in [0.2, 0.25) is 0 Å². The van der Waals surface area contributed by atoms with E-state index in [9.17, 15) is 18.0 Å². The van der Waals surface area contributed by atoms with Crippen LogP contribution in [0.15, 0.2) is 16.7 Å². The second-order valence-corrected chi connectivity index (χ2v) is 5.43. The summed E-state index contributed by atoms with van der Waals surface area (Å²) < 4.78 is 53.9. The average Bonchev–Trinajstić information content (AvgIpc) is 3.17. The van der Waals surface area contributed by atoms with Gasteiger partial charge in [-0.05, 0) is 18.9 Å². The van der Waals surface area contributed by atoms with E-state index < -0.39 is 18.1 Å². The van der Waals surface area contributed by atoms with E-state index in [-0.39, 0.29) is 6.54 Å². The van der Waals surface area contributed by atoms with Crippen LogP contribution in [0.5, 0.6) is 11.5 Å². The number of ether oxygens (including phenoxy) is 2. The molecule has 0 N–H and O–H groups in total. The molecule has 9 heteroatoms. The van der Waals surface area contributed by atoms with E-state index in [2.05, 4.69) is 5.16 Å². The summed E-state index contributed by atoms with van der Waals surface area (Å²) in [7, 11) is 2.91. The number of hydrogen-bond acceptors (Lipinski definition) is 5. The number of methoxy groups -OCH3 is 2. The van der Waals surface area contributed by atoms with Crippen LogP contribution < -0.4 is 9.47 Å². The monoisotopic (exact) mass is 344 g/mol. The molecule has 0 saturated carbocycles. The molecule has 0 aliphatic carbocycles. The number of carbonyl (C=O) groups excluding carboxylic acids is 1. The van der Waals surface area contributed by atoms with Crippen molar-refractivity contribution in [3.05, 3.63) is 17.8 Å². The summed E-state index contributed by atoms with van der Waals surface area (Å²) >= 11 is 0. The Hall–Kier alpha value is -2.45. The zero-order chi connectivity index (χ0) is 17.5. The van der Waals surface area contributed by atoms with E-state index in [1.54, 1.807) is 12.1 Å². The highest BCUT2D eigenvalue weighted by Gasteiger charge is 2.47. The summed E-state index contributed by atoms with van der Waals surface area (Å²) in [5, 5.41) is 4.40. The highest BCUT2D eigenvalue weighted by atomic mass is 19.4. The fourth-order valence-electron chi connectivity index (χ4n) is 2.98. The summed E-state index contributed by atoms with van der Waals surface area (Å²) in [6, 6.07) is 2.36. The summed E-state index contributed by atoms with van der Waals surface area (Å²) in [5.41, 5.74) is 0.648. The van der Waals surface area contributed by atoms with Crippen molar-refractivity contribution in [2.75, 3.05) is 20.8 Å². The Morgan fingerprint density at radius 3 is 2.58 bits per heavy atom. The predicted octanol–water partition coefficient (Wildman–Crippen LogP) is 3.07. The van der Waals surface area contributed by atoms with Gasteiger partial charge in [0.05, 0.1) is 25.6 Å². The Labute approximate surface area is 135 Å². The zero-order valence-electron chi connectivity index (χ0n) is 13.0. The molecule has 1 aliphatic rings. The summed E-state index contributed by atoms with van der Waals surface area (Å²) in [6.45, 7) is 0.0324. The molecule has 0 radical (unpaired) electrons. The molecule has 0 bridgehead atoms. The molecule has 1 saturated heterocycles. The van der Waals surface area contributed by atoms with E-state index in [1.165, 1.54) is 14.2 Å². The minimum Gasteiger partial charge on any atom is -0.493 e. The van der Waals surface area contributed by atoms with Gasteiger partial charge in [-0.1, -0.05) is 5.16 Å². The molecule has 2 heterocycles. The Bertz CT molecular complexity index is 772. The second kappa shape index (κ2) is 5.88. The van der Waals surface area contributed by atoms with Crippen LogP contribution >= 0.6 is 0 Å². The number of likely N-dealkylation sites (tertiary alicyclic amines) is 1. The van der Waals surface area contributed by atoms with Gasteiger partial charge in [0.1, 0.15) is 5.69 Å². The molecule has 1 aliphatic heterocycles. The molecule has 1 aromatic heterocycles. The second-order valence-electron chi connectivity index (χ2n) is 5.43. The number of benzene rings is 1. The van der Waals surface area contributed by atoms with E-state index in [0.717, 1.165) is 4.90 Å². The van der Waals surface area contributed by atoms with E-state index in [0.29, 0.717) is 41.0 Å². The van der Waals surface area contributed by atoms with Crippen molar-refractivity contribution in [1.29, 1.82) is 0 Å². The Morgan fingerprint density at radius 2 is 1.96 bits per heavy atom. The molecule has 2 aromatic rings. The minimum atomic E-state index is -4.91. The van der Waals surface area contributed by atoms with Gasteiger partial charge in [0.25, 0.3) is 0 Å². The number of carbonyl (C=O) groups is 1. The molecule has 130 valence electrons. The van der Waals surface area contributed by atoms with Crippen LogP contribution in [0.25, 0.3) is 11.0 Å². The number of halogens is 3. The van der Waals surface area contributed by atoms with E-state index in [4.69, 9.17) is 14.0 Å². The van der Waals surface area contributed by atoms with Crippen molar-refractivity contribution in [2.45, 2.75) is 25.1 Å². The zero-order valence-corrected chi connectivity index (χ0v) is 13.0. The lowest BCUT2D eigenvalue weighted by atomic mass is 10.1. The van der Waals surface area contributed by atoms with Gasteiger partial charge in [-0.3, -0.25) is 4.79 Å². The molecule has 1 aromatic carbocycles. The van der Waals surface area contributed by atoms with Gasteiger partial charge in [0.2, 0.25) is 0 Å². The third-order valence-electron chi connectivity index (χ3n) is 4.08. The summed E-state index contributed by atoms with van der Waals surface area (Å²) in [5.74, 6) is -1.04. The standard InChI is InChI=1S/C15H15F3N2O4/c1-22-11-6-8-10(7-12(11)23-2)24-19-13(8)9-4-3-5-20(9)14(21)15(16,17)18/h6-7,9H,3-5H2,1-2H3/t9-/m1/s1. The first-order chi connectivity index (χ1) is 11.4. The topological polar surface area (TPSA) is 64.8 Å². The van der Waals surface area contributed by atoms with Gasteiger partial charge in [-0.2, -0.15) is 13.2 Å². The normalized spacial score (nSPS) is 18.2. The van der Waals surface area contributed by atoms with Crippen molar-refractivity contribution >= 4 is 16.9 Å². The number of alkyl halides is 3. The van der Waals surface area contributed by atoms with Crippen molar-refractivity contribution in [3.8, 4) is 11.5 Å². The molecular formula is C15H15F3N2O4. The molecule has 0 unspecified atom stereocenters. The number of amides is 1. The quantitative estimate of drug-likeness (QED) is 0.856. The van der Waals surface area contributed by atoms with Crippen LogP contribution in [-0.2, 0) is 4.79 Å². The van der Waals surface area contributed by atoms with Crippen LogP contribution in [-0.4, -0.2) is 42.9 Å². The molecule has 6 nitrogen and oxygen atoms in total. The summed E-state index contributed by atoms with van der Waals surface area (Å²) in [4.78, 5) is 12.4. The van der Waals surface area contributed by atoms with Gasteiger partial charge in [0, 0.05) is 12.6 Å². The van der Waals surface area contributed by atoms with E-state index in [1.807, 2.05) is 0 Å². The van der Waals surface area contributed by atoms with Crippen molar-refractivity contribution in [1.82, 2.24) is 10.1 Å². The molecule has 24 heavy (non-hydrogen) atoms. The SMILES string of the molecule is COc1cc2onc([C@H]3CCCN3C(=O)C(F)(F)F)c2cc1OC. The molecule has 1 fully saturated rings. The van der Waals surface area contributed by atoms with E-state index >= 15 is 0 Å². The first-order valence-corrected chi connectivity index (χ1v) is 7.26. The highest BCUT2D eigenvalue weighted by Crippen LogP contribution is 2.40. The van der Waals surface area contributed by atoms with Gasteiger partial charge in [-0.15, -0.1) is 0 Å². The number of rotatable bonds is 3. The smallest absolute Gasteiger partial charge is 0.471 e. The maximum absolute atomic E-state index is 12.8. The largest absolute Gasteiger partial charge is 0.493 e. The molecular weight excluding hydrogens is 329 g/mol. The lowest BCUT2D eigenvalue weighted by Crippen LogP contribution is -2.40. The Balaban J connectivity index is 2.04. The fourth-order valence-corrected chi connectivity index (χ4v) is 2.98. The minimum absolute atomic E-state index is 0.0324. The molecule has 0 spiro atoms. The lowest BCUT2D eigenvalue weighted by molar-refractivity contribution is -0.186. The maximum atomic E-state index is 12.8. The number of fused-ring (bicyclic) bond motifs is 1. The number of nitrogens with zero attached hydrogens (tertiary/aromatic N) is 2. The van der Waals surface area contributed by atoms with Crippen LogP contribution in [0, 0.1) is 0 Å². The predicted molar refractivity (Wildman–Crippen MR) is 76.9 cm³/mol. The van der Waals surface area contributed by atoms with Gasteiger partial charge >= 0.3 is 12.1 Å². The van der Waals surface area contributed by atoms with Crippen LogP contribution in [0.4, 0.5) is 13.2 Å². The molecule has 1 amide bonds. The Kier molecular flexibility index (Phi) is 4.02. The third kappa shape index (κ3) is 2.63. The average molecular weight is 344 g/mol. The van der Waals surface area contributed by atoms with Crippen molar-refractivity contribution in [3.63, 3.8) is 0 Å². The van der Waals surface area contributed by atoms with Crippen LogP contribution in [0.1, 0.15) is 24.6 Å². The molecule has 1 atom stereocenters. The summed E-state index contributed by atoms with van der Waals surface area (Å²) in [6.07, 6.45) is -4.06. The molecule has 3 rings (SSSR count). The number of aromatic nitrogens is 1. The van der Waals surface area contributed by atoms with Gasteiger partial charge < -0.3 is 18.9 Å². The van der Waals surface area contributed by atoms with Crippen molar-refractivity contribution in [2.24, 2.45) is 0 Å².